The average molecular weight is 457 g/mol. The Labute approximate surface area is 194 Å². The summed E-state index contributed by atoms with van der Waals surface area (Å²) in [5.41, 5.74) is 1.77. The molecule has 0 aliphatic carbocycles. The first-order valence-corrected chi connectivity index (χ1v) is 11.3. The molecule has 0 radical (unpaired) electrons. The number of benzene rings is 2. The van der Waals surface area contributed by atoms with Crippen molar-refractivity contribution in [2.75, 3.05) is 26.4 Å². The number of carbonyl (C=O) groups is 2. The molecular formula is C25H33FN4O3. The number of hydrogen-bond donors (Lipinski definition) is 2. The largest absolute Gasteiger partial charge is 0.493 e. The number of amides is 3. The number of halogens is 1. The van der Waals surface area contributed by atoms with Gasteiger partial charge in [-0.1, -0.05) is 38.1 Å². The van der Waals surface area contributed by atoms with Crippen LogP contribution in [0.25, 0.3) is 0 Å². The SMILES string of the molecule is CC(=O)N1CNCC(N(Cc2ccc(F)cc2)C(=O)NCc2ccc(OCC(C)C)cc2)C1. The third-order valence-corrected chi connectivity index (χ3v) is 5.48. The first-order chi connectivity index (χ1) is 15.8. The van der Waals surface area contributed by atoms with Gasteiger partial charge in [0.15, 0.2) is 0 Å². The van der Waals surface area contributed by atoms with Crippen molar-refractivity contribution in [3.63, 3.8) is 0 Å². The van der Waals surface area contributed by atoms with Gasteiger partial charge < -0.3 is 19.9 Å². The Bertz CT molecular complexity index is 918. The number of hydrogen-bond acceptors (Lipinski definition) is 4. The monoisotopic (exact) mass is 456 g/mol. The summed E-state index contributed by atoms with van der Waals surface area (Å²) in [6.07, 6.45) is 0. The fourth-order valence-electron chi connectivity index (χ4n) is 3.60. The number of nitrogens with zero attached hydrogens (tertiary/aromatic N) is 2. The second-order valence-electron chi connectivity index (χ2n) is 8.77. The summed E-state index contributed by atoms with van der Waals surface area (Å²) in [5.74, 6) is 0.880. The maximum absolute atomic E-state index is 13.3. The van der Waals surface area contributed by atoms with E-state index in [1.165, 1.54) is 19.1 Å². The normalized spacial score (nSPS) is 15.9. The molecule has 8 heteroatoms. The molecule has 2 aromatic rings. The zero-order valence-electron chi connectivity index (χ0n) is 19.5. The van der Waals surface area contributed by atoms with E-state index in [4.69, 9.17) is 4.74 Å². The van der Waals surface area contributed by atoms with E-state index in [-0.39, 0.29) is 23.8 Å². The first-order valence-electron chi connectivity index (χ1n) is 11.3. The van der Waals surface area contributed by atoms with Gasteiger partial charge in [0.25, 0.3) is 0 Å². The van der Waals surface area contributed by atoms with Crippen molar-refractivity contribution in [3.8, 4) is 5.75 Å². The van der Waals surface area contributed by atoms with Gasteiger partial charge in [0.1, 0.15) is 11.6 Å². The van der Waals surface area contributed by atoms with Gasteiger partial charge in [-0.05, 0) is 41.3 Å². The van der Waals surface area contributed by atoms with E-state index in [0.29, 0.717) is 45.4 Å². The van der Waals surface area contributed by atoms with Crippen LogP contribution in [0.4, 0.5) is 9.18 Å². The molecule has 1 aliphatic heterocycles. The Hall–Kier alpha value is -3.13. The summed E-state index contributed by atoms with van der Waals surface area (Å²) < 4.78 is 19.1. The molecule has 1 atom stereocenters. The second kappa shape index (κ2) is 11.7. The van der Waals surface area contributed by atoms with Gasteiger partial charge in [0.2, 0.25) is 5.91 Å². The van der Waals surface area contributed by atoms with Crippen LogP contribution in [0, 0.1) is 11.7 Å². The van der Waals surface area contributed by atoms with E-state index in [1.54, 1.807) is 21.9 Å². The third kappa shape index (κ3) is 7.46. The van der Waals surface area contributed by atoms with Gasteiger partial charge in [0, 0.05) is 33.1 Å². The molecule has 3 rings (SSSR count). The van der Waals surface area contributed by atoms with Crippen molar-refractivity contribution in [2.24, 2.45) is 5.92 Å². The van der Waals surface area contributed by atoms with Crippen molar-refractivity contribution in [2.45, 2.75) is 39.9 Å². The quantitative estimate of drug-likeness (QED) is 0.639. The Morgan fingerprint density at radius 3 is 2.45 bits per heavy atom. The maximum Gasteiger partial charge on any atom is 0.318 e. The van der Waals surface area contributed by atoms with Crippen LogP contribution in [-0.2, 0) is 17.9 Å². The van der Waals surface area contributed by atoms with E-state index in [1.807, 2.05) is 24.3 Å². The zero-order valence-corrected chi connectivity index (χ0v) is 19.5. The second-order valence-corrected chi connectivity index (χ2v) is 8.77. The molecule has 33 heavy (non-hydrogen) atoms. The molecule has 1 unspecified atom stereocenters. The van der Waals surface area contributed by atoms with E-state index < -0.39 is 0 Å². The lowest BCUT2D eigenvalue weighted by atomic mass is 10.1. The lowest BCUT2D eigenvalue weighted by Gasteiger charge is -2.39. The smallest absolute Gasteiger partial charge is 0.318 e. The summed E-state index contributed by atoms with van der Waals surface area (Å²) in [6.45, 7) is 8.51. The van der Waals surface area contributed by atoms with Gasteiger partial charge in [0.05, 0.1) is 19.3 Å². The fraction of sp³-hybridized carbons (Fsp3) is 0.440. The number of ether oxygens (including phenoxy) is 1. The Kier molecular flexibility index (Phi) is 8.65. The predicted molar refractivity (Wildman–Crippen MR) is 125 cm³/mol. The molecule has 1 fully saturated rings. The topological polar surface area (TPSA) is 73.9 Å². The van der Waals surface area contributed by atoms with Gasteiger partial charge in [-0.2, -0.15) is 0 Å². The molecular weight excluding hydrogens is 423 g/mol. The third-order valence-electron chi connectivity index (χ3n) is 5.48. The summed E-state index contributed by atoms with van der Waals surface area (Å²) in [5, 5.41) is 6.19. The fourth-order valence-corrected chi connectivity index (χ4v) is 3.60. The number of carbonyl (C=O) groups excluding carboxylic acids is 2. The minimum absolute atomic E-state index is 0.0471. The molecule has 0 spiro atoms. The Balaban J connectivity index is 1.66. The van der Waals surface area contributed by atoms with Crippen LogP contribution >= 0.6 is 0 Å². The van der Waals surface area contributed by atoms with Crippen LogP contribution in [0.15, 0.2) is 48.5 Å². The highest BCUT2D eigenvalue weighted by molar-refractivity contribution is 5.75. The van der Waals surface area contributed by atoms with Gasteiger partial charge in [-0.3, -0.25) is 10.1 Å². The van der Waals surface area contributed by atoms with Crippen LogP contribution in [0.2, 0.25) is 0 Å². The summed E-state index contributed by atoms with van der Waals surface area (Å²) in [6, 6.07) is 13.3. The van der Waals surface area contributed by atoms with Crippen molar-refractivity contribution in [1.29, 1.82) is 0 Å². The summed E-state index contributed by atoms with van der Waals surface area (Å²) >= 11 is 0. The molecule has 1 aliphatic rings. The van der Waals surface area contributed by atoms with Crippen LogP contribution in [0.3, 0.4) is 0 Å². The number of rotatable bonds is 8. The minimum atomic E-state index is -0.322. The summed E-state index contributed by atoms with van der Waals surface area (Å²) in [7, 11) is 0. The lowest BCUT2D eigenvalue weighted by Crippen LogP contribution is -2.59. The van der Waals surface area contributed by atoms with Gasteiger partial charge >= 0.3 is 6.03 Å². The van der Waals surface area contributed by atoms with E-state index in [2.05, 4.69) is 24.5 Å². The molecule has 178 valence electrons. The van der Waals surface area contributed by atoms with Crippen molar-refractivity contribution < 1.29 is 18.7 Å². The minimum Gasteiger partial charge on any atom is -0.493 e. The highest BCUT2D eigenvalue weighted by Gasteiger charge is 2.29. The predicted octanol–water partition coefficient (Wildman–Crippen LogP) is 3.35. The molecule has 1 heterocycles. The highest BCUT2D eigenvalue weighted by atomic mass is 19.1. The lowest BCUT2D eigenvalue weighted by molar-refractivity contribution is -0.131. The molecule has 0 saturated carbocycles. The number of urea groups is 1. The van der Waals surface area contributed by atoms with Crippen LogP contribution in [0.1, 0.15) is 31.9 Å². The maximum atomic E-state index is 13.3. The van der Waals surface area contributed by atoms with Crippen LogP contribution in [-0.4, -0.2) is 54.1 Å². The number of nitrogens with one attached hydrogen (secondary N) is 2. The standard InChI is InChI=1S/C25H33FN4O3/c1-18(2)16-33-24-10-6-20(7-11-24)12-28-25(32)30(14-21-4-8-22(26)9-5-21)23-13-27-17-29(15-23)19(3)31/h4-11,18,23,27H,12-17H2,1-3H3,(H,28,32). The molecule has 2 N–H and O–H groups in total. The molecule has 3 amide bonds. The van der Waals surface area contributed by atoms with Gasteiger partial charge in [-0.25, -0.2) is 9.18 Å². The van der Waals surface area contributed by atoms with Crippen molar-refractivity contribution >= 4 is 11.9 Å². The molecule has 7 nitrogen and oxygen atoms in total. The molecule has 0 aromatic heterocycles. The van der Waals surface area contributed by atoms with E-state index in [9.17, 15) is 14.0 Å². The highest BCUT2D eigenvalue weighted by Crippen LogP contribution is 2.15. The van der Waals surface area contributed by atoms with Crippen LogP contribution in [0.5, 0.6) is 5.75 Å². The van der Waals surface area contributed by atoms with E-state index in [0.717, 1.165) is 16.9 Å². The Morgan fingerprint density at radius 1 is 1.15 bits per heavy atom. The molecule has 1 saturated heterocycles. The van der Waals surface area contributed by atoms with Crippen LogP contribution < -0.4 is 15.4 Å². The average Bonchev–Trinajstić information content (AvgIpc) is 2.81. The first kappa shape index (κ1) is 24.5. The molecule has 2 aromatic carbocycles. The zero-order chi connectivity index (χ0) is 23.8. The summed E-state index contributed by atoms with van der Waals surface area (Å²) in [4.78, 5) is 28.4. The van der Waals surface area contributed by atoms with Crippen molar-refractivity contribution in [3.05, 3.63) is 65.5 Å². The Morgan fingerprint density at radius 2 is 1.82 bits per heavy atom. The van der Waals surface area contributed by atoms with Gasteiger partial charge in [-0.15, -0.1) is 0 Å². The van der Waals surface area contributed by atoms with Crippen molar-refractivity contribution in [1.82, 2.24) is 20.4 Å². The molecule has 0 bridgehead atoms. The van der Waals surface area contributed by atoms with E-state index >= 15 is 0 Å².